The van der Waals surface area contributed by atoms with Crippen LogP contribution in [0.2, 0.25) is 0 Å². The van der Waals surface area contributed by atoms with Gasteiger partial charge in [-0.15, -0.1) is 0 Å². The van der Waals surface area contributed by atoms with Gasteiger partial charge < -0.3 is 25.2 Å². The summed E-state index contributed by atoms with van der Waals surface area (Å²) in [5, 5.41) is 5.72. The molecular weight excluding hydrogens is 556 g/mol. The molecule has 2 N–H and O–H groups in total. The van der Waals surface area contributed by atoms with Gasteiger partial charge in [0.15, 0.2) is 5.78 Å². The maximum absolute atomic E-state index is 14.3. The number of hydrogen-bond acceptors (Lipinski definition) is 6. The van der Waals surface area contributed by atoms with Crippen LogP contribution in [0.4, 0.5) is 21.9 Å². The van der Waals surface area contributed by atoms with E-state index in [-0.39, 0.29) is 30.2 Å². The van der Waals surface area contributed by atoms with Crippen LogP contribution in [0.3, 0.4) is 0 Å². The van der Waals surface area contributed by atoms with Crippen molar-refractivity contribution in [1.82, 2.24) is 5.32 Å². The number of anilines is 3. The van der Waals surface area contributed by atoms with Crippen molar-refractivity contribution in [2.75, 3.05) is 28.2 Å². The zero-order chi connectivity index (χ0) is 31.3. The fraction of sp³-hybridized carbons (Fsp3) is 0.543. The topological polar surface area (TPSA) is 108 Å². The number of esters is 1. The van der Waals surface area contributed by atoms with Gasteiger partial charge in [-0.05, 0) is 76.8 Å². The molecule has 0 bridgehead atoms. The van der Waals surface area contributed by atoms with Crippen molar-refractivity contribution in [2.24, 2.45) is 5.92 Å². The minimum Gasteiger partial charge on any atom is -0.456 e. The van der Waals surface area contributed by atoms with Crippen LogP contribution in [0.15, 0.2) is 48.5 Å². The fourth-order valence-corrected chi connectivity index (χ4v) is 6.72. The Morgan fingerprint density at radius 1 is 0.864 bits per heavy atom. The second-order valence-corrected chi connectivity index (χ2v) is 13.4. The first-order valence-electron chi connectivity index (χ1n) is 16.2. The largest absolute Gasteiger partial charge is 0.456 e. The molecule has 3 amide bonds. The van der Waals surface area contributed by atoms with E-state index in [0.717, 1.165) is 69.2 Å². The molecule has 1 aliphatic heterocycles. The van der Waals surface area contributed by atoms with E-state index in [4.69, 9.17) is 4.74 Å². The Labute approximate surface area is 260 Å². The van der Waals surface area contributed by atoms with Crippen LogP contribution < -0.4 is 20.4 Å². The molecule has 1 heterocycles. The van der Waals surface area contributed by atoms with Crippen LogP contribution in [0.25, 0.3) is 0 Å². The lowest BCUT2D eigenvalue weighted by Crippen LogP contribution is -2.55. The lowest BCUT2D eigenvalue weighted by molar-refractivity contribution is -0.126. The number of hydrogen-bond donors (Lipinski definition) is 2. The summed E-state index contributed by atoms with van der Waals surface area (Å²) >= 11 is 0. The van der Waals surface area contributed by atoms with E-state index in [1.807, 2.05) is 24.3 Å². The number of rotatable bonds is 7. The molecule has 9 nitrogen and oxygen atoms in total. The monoisotopic (exact) mass is 602 g/mol. The number of amides is 3. The van der Waals surface area contributed by atoms with Gasteiger partial charge >= 0.3 is 12.0 Å². The number of fused-ring (bicyclic) bond motifs is 1. The number of urea groups is 1. The minimum atomic E-state index is -0.877. The van der Waals surface area contributed by atoms with Crippen molar-refractivity contribution in [2.45, 2.75) is 103 Å². The summed E-state index contributed by atoms with van der Waals surface area (Å²) in [6.07, 6.45) is 10.4. The predicted octanol–water partition coefficient (Wildman–Crippen LogP) is 6.47. The van der Waals surface area contributed by atoms with Crippen LogP contribution in [-0.2, 0) is 14.3 Å². The van der Waals surface area contributed by atoms with E-state index < -0.39 is 23.6 Å². The van der Waals surface area contributed by atoms with Crippen LogP contribution in [-0.4, -0.2) is 54.5 Å². The number of benzene rings is 2. The van der Waals surface area contributed by atoms with Gasteiger partial charge in [0, 0.05) is 24.2 Å². The van der Waals surface area contributed by atoms with Gasteiger partial charge in [0.2, 0.25) is 0 Å². The lowest BCUT2D eigenvalue weighted by atomic mass is 9.86. The van der Waals surface area contributed by atoms with E-state index in [2.05, 4.69) is 15.5 Å². The molecular formula is C35H46N4O5. The molecule has 9 heteroatoms. The molecule has 2 saturated carbocycles. The van der Waals surface area contributed by atoms with Crippen molar-refractivity contribution >= 4 is 40.8 Å². The highest BCUT2D eigenvalue weighted by atomic mass is 16.6. The molecule has 44 heavy (non-hydrogen) atoms. The van der Waals surface area contributed by atoms with E-state index in [0.29, 0.717) is 17.8 Å². The zero-order valence-electron chi connectivity index (χ0n) is 26.3. The standard InChI is InChI=1S/C35H46N4O5/c1-35(2,3)44-33(42)25-15-12-16-26(21-25)36-34(43)37-28-22-38(27-17-8-5-9-18-27)29-19-10-11-20-30(29)39(32(28)41)23-31(40)24-13-6-4-7-14-24/h10-12,15-16,19-21,24,27-28H,4-9,13-14,17-18,22-23H2,1-3H3,(H2,36,37,43). The van der Waals surface area contributed by atoms with Gasteiger partial charge in [-0.2, -0.15) is 0 Å². The number of carbonyl (C=O) groups excluding carboxylic acids is 4. The normalized spacial score (nSPS) is 20.0. The van der Waals surface area contributed by atoms with Gasteiger partial charge in [-0.1, -0.05) is 56.7 Å². The summed E-state index contributed by atoms with van der Waals surface area (Å²) in [5.41, 5.74) is 1.73. The third-order valence-electron chi connectivity index (χ3n) is 8.88. The van der Waals surface area contributed by atoms with Crippen LogP contribution in [0.1, 0.15) is 95.3 Å². The molecule has 236 valence electrons. The number of ether oxygens (including phenoxy) is 1. The molecule has 5 rings (SSSR count). The molecule has 3 aliphatic rings. The summed E-state index contributed by atoms with van der Waals surface area (Å²) in [6.45, 7) is 5.69. The minimum absolute atomic E-state index is 0.00322. The maximum atomic E-state index is 14.3. The van der Waals surface area contributed by atoms with Gasteiger partial charge in [0.1, 0.15) is 11.6 Å². The van der Waals surface area contributed by atoms with E-state index in [1.54, 1.807) is 49.9 Å². The van der Waals surface area contributed by atoms with Gasteiger partial charge in [-0.25, -0.2) is 9.59 Å². The van der Waals surface area contributed by atoms with Crippen molar-refractivity contribution in [3.8, 4) is 0 Å². The Balaban J connectivity index is 1.39. The summed E-state index contributed by atoms with van der Waals surface area (Å²) < 4.78 is 5.47. The molecule has 1 atom stereocenters. The average molecular weight is 603 g/mol. The zero-order valence-corrected chi connectivity index (χ0v) is 26.3. The number of carbonyl (C=O) groups is 4. The summed E-state index contributed by atoms with van der Waals surface area (Å²) in [6, 6.07) is 13.2. The fourth-order valence-electron chi connectivity index (χ4n) is 6.72. The number of nitrogens with zero attached hydrogens (tertiary/aromatic N) is 2. The molecule has 2 fully saturated rings. The molecule has 0 radical (unpaired) electrons. The van der Waals surface area contributed by atoms with Gasteiger partial charge in [0.05, 0.1) is 23.5 Å². The molecule has 2 aromatic rings. The highest BCUT2D eigenvalue weighted by Crippen LogP contribution is 2.37. The molecule has 0 spiro atoms. The van der Waals surface area contributed by atoms with Gasteiger partial charge in [-0.3, -0.25) is 9.59 Å². The number of Topliss-reactive ketones (excluding diaryl/α,β-unsaturated/α-hetero) is 1. The van der Waals surface area contributed by atoms with Crippen molar-refractivity contribution < 1.29 is 23.9 Å². The Morgan fingerprint density at radius 2 is 1.52 bits per heavy atom. The predicted molar refractivity (Wildman–Crippen MR) is 172 cm³/mol. The van der Waals surface area contributed by atoms with Crippen molar-refractivity contribution in [3.05, 3.63) is 54.1 Å². The summed E-state index contributed by atoms with van der Waals surface area (Å²) in [4.78, 5) is 57.6. The van der Waals surface area contributed by atoms with Crippen LogP contribution in [0.5, 0.6) is 0 Å². The summed E-state index contributed by atoms with van der Waals surface area (Å²) in [5.74, 6) is -0.730. The maximum Gasteiger partial charge on any atom is 0.338 e. The Kier molecular flexibility index (Phi) is 9.91. The van der Waals surface area contributed by atoms with Crippen molar-refractivity contribution in [3.63, 3.8) is 0 Å². The van der Waals surface area contributed by atoms with Crippen molar-refractivity contribution in [1.29, 1.82) is 0 Å². The SMILES string of the molecule is CC(C)(C)OC(=O)c1cccc(NC(=O)NC2CN(C3CCCCC3)c3ccccc3N(CC(=O)C3CCCCC3)C2=O)c1. The number of para-hydroxylation sites is 2. The molecule has 2 aliphatic carbocycles. The number of nitrogens with one attached hydrogen (secondary N) is 2. The van der Waals surface area contributed by atoms with Crippen LogP contribution >= 0.6 is 0 Å². The van der Waals surface area contributed by atoms with E-state index in [1.165, 1.54) is 6.42 Å². The first-order chi connectivity index (χ1) is 21.1. The number of ketones is 1. The third kappa shape index (κ3) is 7.79. The first kappa shape index (κ1) is 31.5. The van der Waals surface area contributed by atoms with Gasteiger partial charge in [0.25, 0.3) is 5.91 Å². The molecule has 1 unspecified atom stereocenters. The van der Waals surface area contributed by atoms with E-state index >= 15 is 0 Å². The highest BCUT2D eigenvalue weighted by molar-refractivity contribution is 6.07. The Hall–Kier alpha value is -3.88. The molecule has 2 aromatic carbocycles. The third-order valence-corrected chi connectivity index (χ3v) is 8.88. The first-order valence-corrected chi connectivity index (χ1v) is 16.2. The Bertz CT molecular complexity index is 1360. The quantitative estimate of drug-likeness (QED) is 0.352. The van der Waals surface area contributed by atoms with E-state index in [9.17, 15) is 19.2 Å². The van der Waals surface area contributed by atoms with Crippen LogP contribution in [0, 0.1) is 5.92 Å². The second-order valence-electron chi connectivity index (χ2n) is 13.4. The molecule has 0 aromatic heterocycles. The average Bonchev–Trinajstić information content (AvgIpc) is 3.12. The highest BCUT2D eigenvalue weighted by Gasteiger charge is 2.39. The molecule has 0 saturated heterocycles. The lowest BCUT2D eigenvalue weighted by Gasteiger charge is -2.37. The smallest absolute Gasteiger partial charge is 0.338 e. The second kappa shape index (κ2) is 13.8. The summed E-state index contributed by atoms with van der Waals surface area (Å²) in [7, 11) is 0. The Morgan fingerprint density at radius 3 is 2.20 bits per heavy atom.